The molecule has 0 fully saturated rings. The number of nitriles is 1. The summed E-state index contributed by atoms with van der Waals surface area (Å²) in [7, 11) is -4.67. The number of benzene rings is 3. The molecule has 0 radical (unpaired) electrons. The number of fused-ring (bicyclic) bond motifs is 1. The maximum atomic E-state index is 13.7. The summed E-state index contributed by atoms with van der Waals surface area (Å²) in [5.41, 5.74) is -6.27. The largest absolute Gasteiger partial charge is 0.478 e. The number of carbonyl (C=O) groups excluding carboxylic acids is 1. The van der Waals surface area contributed by atoms with E-state index >= 15 is 0 Å². The van der Waals surface area contributed by atoms with E-state index in [0.29, 0.717) is 6.07 Å². The zero-order chi connectivity index (χ0) is 33.1. The van der Waals surface area contributed by atoms with Gasteiger partial charge in [0.25, 0.3) is 17.3 Å². The summed E-state index contributed by atoms with van der Waals surface area (Å²) in [5.74, 6) is -2.55. The predicted molar refractivity (Wildman–Crippen MR) is 138 cm³/mol. The number of hydrogen-bond acceptors (Lipinski definition) is 11. The van der Waals surface area contributed by atoms with Crippen LogP contribution in [-0.4, -0.2) is 49.5 Å². The number of anilines is 1. The lowest BCUT2D eigenvalue weighted by Gasteiger charge is -2.13. The molecule has 0 spiro atoms. The minimum Gasteiger partial charge on any atom is -0.478 e. The summed E-state index contributed by atoms with van der Waals surface area (Å²) in [6.07, 6.45) is -5.13. The topological polar surface area (TPSA) is 277 Å². The number of aromatic nitrogens is 1. The van der Waals surface area contributed by atoms with Gasteiger partial charge in [0, 0.05) is 23.8 Å². The van der Waals surface area contributed by atoms with Crippen molar-refractivity contribution in [2.24, 2.45) is 0 Å². The number of carbonyl (C=O) groups is 2. The molecular formula is C23H12F3N5O12S. The van der Waals surface area contributed by atoms with Crippen molar-refractivity contribution < 1.29 is 59.8 Å². The molecule has 4 N–H and O–H groups in total. The molecule has 3 aromatic carbocycles. The van der Waals surface area contributed by atoms with Gasteiger partial charge >= 0.3 is 22.5 Å². The maximum absolute atomic E-state index is 13.7. The number of halogens is 3. The number of aromatic carboxylic acids is 1. The third-order valence-electron chi connectivity index (χ3n) is 5.44. The van der Waals surface area contributed by atoms with Gasteiger partial charge < -0.3 is 14.9 Å². The molecule has 0 aliphatic rings. The van der Waals surface area contributed by atoms with E-state index in [9.17, 15) is 48.1 Å². The molecule has 0 bridgehead atoms. The third-order valence-corrected chi connectivity index (χ3v) is 5.44. The molecule has 1 amide bonds. The number of nitrogens with zero attached hydrogens (tertiary/aromatic N) is 4. The standard InChI is InChI=1S/C23H10F3N5O8.H2O4S/c24-23(25,26)16-6-11(30(35)36)2-3-12(16)13-8-19-15(7-18(13)31(37)38)20(29-39-19)21(32)28-17-4-1-10(9-27)5-14(17)22(33)34;1-5(2,3)4/h1-8H,(H,28,32)(H,33,34);(H2,1,2,3,4). The molecule has 0 atom stereocenters. The Labute approximate surface area is 240 Å². The quantitative estimate of drug-likeness (QED) is 0.128. The Bertz CT molecular complexity index is 1990. The summed E-state index contributed by atoms with van der Waals surface area (Å²) in [6.45, 7) is 0. The molecule has 17 nitrogen and oxygen atoms in total. The van der Waals surface area contributed by atoms with Crippen LogP contribution in [0.25, 0.3) is 22.1 Å². The summed E-state index contributed by atoms with van der Waals surface area (Å²) >= 11 is 0. The summed E-state index contributed by atoms with van der Waals surface area (Å²) in [5, 5.41) is 46.6. The van der Waals surface area contributed by atoms with Crippen molar-refractivity contribution in [2.45, 2.75) is 6.18 Å². The lowest BCUT2D eigenvalue weighted by atomic mass is 9.96. The fraction of sp³-hybridized carbons (Fsp3) is 0.0435. The summed E-state index contributed by atoms with van der Waals surface area (Å²) in [6, 6.07) is 8.36. The number of nitrogens with one attached hydrogen (secondary N) is 1. The average Bonchev–Trinajstić information content (AvgIpc) is 3.33. The minimum atomic E-state index is -5.13. The lowest BCUT2D eigenvalue weighted by Crippen LogP contribution is -2.15. The van der Waals surface area contributed by atoms with Crippen LogP contribution in [0, 0.1) is 31.6 Å². The van der Waals surface area contributed by atoms with Crippen molar-refractivity contribution in [1.82, 2.24) is 5.16 Å². The number of carboxylic acid groups (broad SMARTS) is 1. The van der Waals surface area contributed by atoms with Crippen molar-refractivity contribution in [3.63, 3.8) is 0 Å². The highest BCUT2D eigenvalue weighted by Gasteiger charge is 2.37. The molecule has 0 aliphatic carbocycles. The maximum Gasteiger partial charge on any atom is 0.417 e. The second-order valence-corrected chi connectivity index (χ2v) is 9.11. The molecule has 4 rings (SSSR count). The SMILES string of the molecule is N#Cc1ccc(NC(=O)c2noc3cc(-c4ccc([N+](=O)[O-])cc4C(F)(F)F)c([N+](=O)[O-])cc23)c(C(=O)O)c1.O=S(=O)(O)O. The average molecular weight is 639 g/mol. The van der Waals surface area contributed by atoms with Crippen LogP contribution in [0.2, 0.25) is 0 Å². The molecule has 1 aromatic heterocycles. The smallest absolute Gasteiger partial charge is 0.417 e. The molecule has 0 unspecified atom stereocenters. The van der Waals surface area contributed by atoms with Gasteiger partial charge in [-0.05, 0) is 30.3 Å². The Hall–Kier alpha value is -5.98. The van der Waals surface area contributed by atoms with Crippen LogP contribution in [0.3, 0.4) is 0 Å². The van der Waals surface area contributed by atoms with E-state index < -0.39 is 77.6 Å². The summed E-state index contributed by atoms with van der Waals surface area (Å²) in [4.78, 5) is 45.1. The number of nitro benzene ring substituents is 2. The Balaban J connectivity index is 0.000000978. The number of alkyl halides is 3. The van der Waals surface area contributed by atoms with E-state index in [1.807, 2.05) is 0 Å². The van der Waals surface area contributed by atoms with Gasteiger partial charge in [-0.25, -0.2) is 4.79 Å². The van der Waals surface area contributed by atoms with Crippen molar-refractivity contribution in [2.75, 3.05) is 5.32 Å². The number of carboxylic acids is 1. The molecule has 4 aromatic rings. The van der Waals surface area contributed by atoms with E-state index in [1.165, 1.54) is 6.07 Å². The first-order valence-corrected chi connectivity index (χ1v) is 12.4. The van der Waals surface area contributed by atoms with Crippen molar-refractivity contribution in [3.8, 4) is 17.2 Å². The van der Waals surface area contributed by atoms with Gasteiger partial charge in [0.15, 0.2) is 11.3 Å². The highest BCUT2D eigenvalue weighted by Crippen LogP contribution is 2.43. The Morgan fingerprint density at radius 2 is 1.64 bits per heavy atom. The van der Waals surface area contributed by atoms with Gasteiger partial charge in [0.05, 0.1) is 49.2 Å². The van der Waals surface area contributed by atoms with E-state index in [0.717, 1.165) is 30.3 Å². The van der Waals surface area contributed by atoms with Crippen molar-refractivity contribution in [1.29, 1.82) is 5.26 Å². The van der Waals surface area contributed by atoms with Gasteiger partial charge in [-0.1, -0.05) is 5.16 Å². The van der Waals surface area contributed by atoms with Crippen LogP contribution in [-0.2, 0) is 16.6 Å². The highest BCUT2D eigenvalue weighted by atomic mass is 32.3. The lowest BCUT2D eigenvalue weighted by molar-refractivity contribution is -0.385. The van der Waals surface area contributed by atoms with Gasteiger partial charge in [-0.3, -0.25) is 34.1 Å². The molecular weight excluding hydrogens is 627 g/mol. The molecule has 44 heavy (non-hydrogen) atoms. The van der Waals surface area contributed by atoms with Crippen molar-refractivity contribution >= 4 is 50.3 Å². The number of amides is 1. The van der Waals surface area contributed by atoms with Gasteiger partial charge in [-0.15, -0.1) is 0 Å². The van der Waals surface area contributed by atoms with E-state index in [4.69, 9.17) is 27.3 Å². The van der Waals surface area contributed by atoms with E-state index in [-0.39, 0.29) is 28.3 Å². The first kappa shape index (κ1) is 32.5. The van der Waals surface area contributed by atoms with E-state index in [2.05, 4.69) is 10.5 Å². The predicted octanol–water partition coefficient (Wildman–Crippen LogP) is 4.50. The van der Waals surface area contributed by atoms with Crippen LogP contribution in [0.5, 0.6) is 0 Å². The van der Waals surface area contributed by atoms with Crippen LogP contribution in [0.4, 0.5) is 30.2 Å². The van der Waals surface area contributed by atoms with Gasteiger partial charge in [-0.2, -0.15) is 26.9 Å². The molecule has 228 valence electrons. The Morgan fingerprint density at radius 1 is 1.00 bits per heavy atom. The second-order valence-electron chi connectivity index (χ2n) is 8.22. The molecule has 0 aliphatic heterocycles. The fourth-order valence-electron chi connectivity index (χ4n) is 3.70. The van der Waals surface area contributed by atoms with Gasteiger partial charge in [0.2, 0.25) is 0 Å². The van der Waals surface area contributed by atoms with Crippen LogP contribution >= 0.6 is 0 Å². The van der Waals surface area contributed by atoms with Crippen LogP contribution < -0.4 is 5.32 Å². The normalized spacial score (nSPS) is 11.2. The zero-order valence-corrected chi connectivity index (χ0v) is 21.8. The molecule has 1 heterocycles. The molecule has 0 saturated carbocycles. The molecule has 0 saturated heterocycles. The van der Waals surface area contributed by atoms with E-state index in [1.54, 1.807) is 6.07 Å². The Morgan fingerprint density at radius 3 is 2.16 bits per heavy atom. The zero-order valence-electron chi connectivity index (χ0n) is 21.0. The van der Waals surface area contributed by atoms with Gasteiger partial charge in [0.1, 0.15) is 0 Å². The Kier molecular flexibility index (Phi) is 8.94. The first-order valence-electron chi connectivity index (χ1n) is 11.0. The second kappa shape index (κ2) is 12.1. The molecule has 21 heteroatoms. The first-order chi connectivity index (χ1) is 20.3. The highest BCUT2D eigenvalue weighted by molar-refractivity contribution is 7.79. The number of hydrogen-bond donors (Lipinski definition) is 4. The third kappa shape index (κ3) is 7.45. The number of non-ortho nitro benzene ring substituents is 1. The number of rotatable bonds is 6. The van der Waals surface area contributed by atoms with Crippen LogP contribution in [0.1, 0.15) is 32.0 Å². The fourth-order valence-corrected chi connectivity index (χ4v) is 3.70. The van der Waals surface area contributed by atoms with Crippen molar-refractivity contribution in [3.05, 3.63) is 91.1 Å². The van der Waals surface area contributed by atoms with Crippen LogP contribution in [0.15, 0.2) is 53.1 Å². The minimum absolute atomic E-state index is 0.00934. The monoisotopic (exact) mass is 639 g/mol. The summed E-state index contributed by atoms with van der Waals surface area (Å²) < 4.78 is 77.8. The number of nitro groups is 2.